The zero-order valence-electron chi connectivity index (χ0n) is 14.3. The van der Waals surface area contributed by atoms with Crippen molar-refractivity contribution in [1.82, 2.24) is 14.7 Å². The maximum Gasteiger partial charge on any atom is 0.417 e. The van der Waals surface area contributed by atoms with Crippen LogP contribution in [0, 0.1) is 0 Å². The van der Waals surface area contributed by atoms with E-state index in [9.17, 15) is 18.0 Å². The molecule has 0 amide bonds. The Labute approximate surface area is 151 Å². The first kappa shape index (κ1) is 18.5. The van der Waals surface area contributed by atoms with Crippen LogP contribution >= 0.6 is 0 Å². The van der Waals surface area contributed by atoms with Gasteiger partial charge in [0.2, 0.25) is 11.7 Å². The highest BCUT2D eigenvalue weighted by atomic mass is 19.4. The van der Waals surface area contributed by atoms with Crippen molar-refractivity contribution in [3.63, 3.8) is 0 Å². The number of halogens is 3. The van der Waals surface area contributed by atoms with Gasteiger partial charge in [0, 0.05) is 18.3 Å². The van der Waals surface area contributed by atoms with Gasteiger partial charge in [0.25, 0.3) is 5.56 Å². The normalized spacial score (nSPS) is 11.4. The van der Waals surface area contributed by atoms with Crippen LogP contribution < -0.4 is 15.0 Å². The molecule has 142 valence electrons. The number of nitrogens with zero attached hydrogens (tertiary/aromatic N) is 3. The van der Waals surface area contributed by atoms with E-state index in [0.717, 1.165) is 16.7 Å². The van der Waals surface area contributed by atoms with Gasteiger partial charge >= 0.3 is 6.18 Å². The van der Waals surface area contributed by atoms with Gasteiger partial charge in [-0.3, -0.25) is 4.79 Å². The van der Waals surface area contributed by atoms with Crippen molar-refractivity contribution in [1.29, 1.82) is 0 Å². The lowest BCUT2D eigenvalue weighted by atomic mass is 10.2. The zero-order valence-corrected chi connectivity index (χ0v) is 14.3. The van der Waals surface area contributed by atoms with Crippen molar-refractivity contribution in [3.8, 4) is 22.9 Å². The Kier molecular flexibility index (Phi) is 4.89. The van der Waals surface area contributed by atoms with Crippen LogP contribution in [-0.4, -0.2) is 28.9 Å². The summed E-state index contributed by atoms with van der Waals surface area (Å²) in [6, 6.07) is 6.52. The van der Waals surface area contributed by atoms with Gasteiger partial charge in [0.05, 0.1) is 25.3 Å². The van der Waals surface area contributed by atoms with Gasteiger partial charge in [-0.05, 0) is 18.2 Å². The minimum absolute atomic E-state index is 0.0238. The molecule has 0 aliphatic carbocycles. The van der Waals surface area contributed by atoms with Crippen LogP contribution in [-0.2, 0) is 12.7 Å². The Morgan fingerprint density at radius 3 is 2.59 bits per heavy atom. The fourth-order valence-electron chi connectivity index (χ4n) is 2.38. The van der Waals surface area contributed by atoms with Crippen molar-refractivity contribution in [3.05, 3.63) is 58.3 Å². The van der Waals surface area contributed by atoms with E-state index in [1.807, 2.05) is 0 Å². The Morgan fingerprint density at radius 1 is 1.15 bits per heavy atom. The lowest BCUT2D eigenvalue weighted by Crippen LogP contribution is -2.22. The maximum atomic E-state index is 12.8. The van der Waals surface area contributed by atoms with Crippen LogP contribution in [0.2, 0.25) is 0 Å². The number of pyridine rings is 1. The van der Waals surface area contributed by atoms with Crippen LogP contribution in [0.15, 0.2) is 45.8 Å². The highest BCUT2D eigenvalue weighted by Gasteiger charge is 2.31. The molecule has 0 spiro atoms. The summed E-state index contributed by atoms with van der Waals surface area (Å²) in [6.45, 7) is -0.297. The lowest BCUT2D eigenvalue weighted by molar-refractivity contribution is -0.138. The van der Waals surface area contributed by atoms with E-state index in [2.05, 4.69) is 10.1 Å². The molecule has 0 N–H and O–H groups in total. The standard InChI is InChI=1S/C17H14F3N3O4/c1-25-11-4-5-12(13(7-11)26-2)16-21-14(27-22-16)9-23-8-10(17(18,19)20)3-6-15(23)24/h3-8H,9H2,1-2H3. The SMILES string of the molecule is COc1ccc(-c2noc(Cn3cc(C(F)(F)F)ccc3=O)n2)c(OC)c1. The zero-order chi connectivity index (χ0) is 19.6. The molecule has 1 aromatic carbocycles. The number of alkyl halides is 3. The van der Waals surface area contributed by atoms with Gasteiger partial charge < -0.3 is 18.6 Å². The van der Waals surface area contributed by atoms with Crippen molar-refractivity contribution in [2.75, 3.05) is 14.2 Å². The third-order valence-corrected chi connectivity index (χ3v) is 3.73. The van der Waals surface area contributed by atoms with Gasteiger partial charge in [-0.1, -0.05) is 5.16 Å². The molecular formula is C17H14F3N3O4. The van der Waals surface area contributed by atoms with Crippen molar-refractivity contribution in [2.45, 2.75) is 12.7 Å². The predicted molar refractivity (Wildman–Crippen MR) is 87.6 cm³/mol. The van der Waals surface area contributed by atoms with Crippen molar-refractivity contribution >= 4 is 0 Å². The average Bonchev–Trinajstić information content (AvgIpc) is 3.10. The first-order chi connectivity index (χ1) is 12.8. The summed E-state index contributed by atoms with van der Waals surface area (Å²) in [5, 5.41) is 3.80. The molecule has 0 bridgehead atoms. The molecule has 0 radical (unpaired) electrons. The van der Waals surface area contributed by atoms with E-state index in [4.69, 9.17) is 14.0 Å². The summed E-state index contributed by atoms with van der Waals surface area (Å²) >= 11 is 0. The molecule has 0 atom stereocenters. The third kappa shape index (κ3) is 3.94. The second-order valence-corrected chi connectivity index (χ2v) is 5.46. The molecule has 0 saturated carbocycles. The summed E-state index contributed by atoms with van der Waals surface area (Å²) in [5.74, 6) is 1.14. The van der Waals surface area contributed by atoms with E-state index in [1.54, 1.807) is 18.2 Å². The molecule has 3 rings (SSSR count). The topological polar surface area (TPSA) is 79.4 Å². The number of ether oxygens (including phenoxy) is 2. The van der Waals surface area contributed by atoms with Gasteiger partial charge in [0.1, 0.15) is 18.0 Å². The highest BCUT2D eigenvalue weighted by molar-refractivity contribution is 5.65. The maximum absolute atomic E-state index is 12.8. The number of hydrogen-bond acceptors (Lipinski definition) is 6. The largest absolute Gasteiger partial charge is 0.497 e. The van der Waals surface area contributed by atoms with Gasteiger partial charge in [-0.25, -0.2) is 0 Å². The molecule has 0 fully saturated rings. The quantitative estimate of drug-likeness (QED) is 0.676. The molecule has 2 aromatic heterocycles. The molecule has 7 nitrogen and oxygen atoms in total. The fourth-order valence-corrected chi connectivity index (χ4v) is 2.38. The van der Waals surface area contributed by atoms with Gasteiger partial charge in [-0.15, -0.1) is 0 Å². The molecule has 0 saturated heterocycles. The van der Waals surface area contributed by atoms with E-state index in [0.29, 0.717) is 23.3 Å². The molecule has 27 heavy (non-hydrogen) atoms. The molecule has 2 heterocycles. The average molecular weight is 381 g/mol. The highest BCUT2D eigenvalue weighted by Crippen LogP contribution is 2.32. The third-order valence-electron chi connectivity index (χ3n) is 3.73. The number of methoxy groups -OCH3 is 2. The Bertz CT molecular complexity index is 1010. The number of benzene rings is 1. The lowest BCUT2D eigenvalue weighted by Gasteiger charge is -2.09. The van der Waals surface area contributed by atoms with Crippen molar-refractivity contribution < 1.29 is 27.2 Å². The second kappa shape index (κ2) is 7.14. The van der Waals surface area contributed by atoms with E-state index < -0.39 is 17.3 Å². The van der Waals surface area contributed by atoms with Crippen LogP contribution in [0.25, 0.3) is 11.4 Å². The first-order valence-corrected chi connectivity index (χ1v) is 7.64. The minimum atomic E-state index is -4.56. The number of rotatable bonds is 5. The Hall–Kier alpha value is -3.30. The molecule has 0 aliphatic heterocycles. The summed E-state index contributed by atoms with van der Waals surface area (Å²) in [7, 11) is 2.97. The minimum Gasteiger partial charge on any atom is -0.497 e. The summed E-state index contributed by atoms with van der Waals surface area (Å²) in [5.41, 5.74) is -1.06. The first-order valence-electron chi connectivity index (χ1n) is 7.64. The summed E-state index contributed by atoms with van der Waals surface area (Å²) in [6.07, 6.45) is -3.86. The van der Waals surface area contributed by atoms with Crippen LogP contribution in [0.3, 0.4) is 0 Å². The van der Waals surface area contributed by atoms with Crippen LogP contribution in [0.5, 0.6) is 11.5 Å². The predicted octanol–water partition coefficient (Wildman–Crippen LogP) is 2.98. The summed E-state index contributed by atoms with van der Waals surface area (Å²) < 4.78 is 54.7. The van der Waals surface area contributed by atoms with Gasteiger partial charge in [-0.2, -0.15) is 18.2 Å². The number of hydrogen-bond donors (Lipinski definition) is 0. The Morgan fingerprint density at radius 2 is 1.93 bits per heavy atom. The second-order valence-electron chi connectivity index (χ2n) is 5.46. The molecule has 3 aromatic rings. The molecular weight excluding hydrogens is 367 g/mol. The van der Waals surface area contributed by atoms with E-state index in [-0.39, 0.29) is 18.3 Å². The summed E-state index contributed by atoms with van der Waals surface area (Å²) in [4.78, 5) is 16.0. The monoisotopic (exact) mass is 381 g/mol. The van der Waals surface area contributed by atoms with Gasteiger partial charge in [0.15, 0.2) is 0 Å². The molecule has 10 heteroatoms. The molecule has 0 aliphatic rings. The van der Waals surface area contributed by atoms with Crippen LogP contribution in [0.1, 0.15) is 11.5 Å². The fraction of sp³-hybridized carbons (Fsp3) is 0.235. The van der Waals surface area contributed by atoms with E-state index >= 15 is 0 Å². The number of aromatic nitrogens is 3. The van der Waals surface area contributed by atoms with E-state index in [1.165, 1.54) is 14.2 Å². The van der Waals surface area contributed by atoms with Crippen molar-refractivity contribution in [2.24, 2.45) is 0 Å². The smallest absolute Gasteiger partial charge is 0.417 e. The van der Waals surface area contributed by atoms with Crippen LogP contribution in [0.4, 0.5) is 13.2 Å². The molecule has 0 unspecified atom stereocenters. The Balaban J connectivity index is 1.91.